The summed E-state index contributed by atoms with van der Waals surface area (Å²) in [6.07, 6.45) is 7.43. The molecule has 1 aliphatic heterocycles. The molecular weight excluding hydrogens is 312 g/mol. The van der Waals surface area contributed by atoms with Gasteiger partial charge in [-0.25, -0.2) is 0 Å². The molecule has 1 saturated heterocycles. The van der Waals surface area contributed by atoms with Crippen molar-refractivity contribution in [3.8, 4) is 0 Å². The fraction of sp³-hybridized carbons (Fsp3) is 0.667. The van der Waals surface area contributed by atoms with E-state index >= 15 is 0 Å². The Morgan fingerprint density at radius 2 is 1.86 bits per heavy atom. The molecule has 1 fully saturated rings. The Kier molecular flexibility index (Phi) is 5.91. The van der Waals surface area contributed by atoms with Gasteiger partial charge in [0, 0.05) is 16.2 Å². The SMILES string of the molecule is CCCCCc1cc2cc(C3OCC(CCC)CO3)sc2s1. The summed E-state index contributed by atoms with van der Waals surface area (Å²) in [5.41, 5.74) is 0. The van der Waals surface area contributed by atoms with E-state index < -0.39 is 0 Å². The molecule has 3 rings (SSSR count). The Labute approximate surface area is 141 Å². The second-order valence-electron chi connectivity index (χ2n) is 6.21. The molecule has 2 nitrogen and oxygen atoms in total. The van der Waals surface area contributed by atoms with Crippen molar-refractivity contribution in [2.75, 3.05) is 13.2 Å². The molecule has 0 aromatic carbocycles. The molecule has 2 aromatic heterocycles. The maximum absolute atomic E-state index is 5.93. The van der Waals surface area contributed by atoms with Gasteiger partial charge in [0.05, 0.1) is 22.1 Å². The second kappa shape index (κ2) is 7.91. The van der Waals surface area contributed by atoms with E-state index in [0.717, 1.165) is 13.2 Å². The van der Waals surface area contributed by atoms with Crippen molar-refractivity contribution >= 4 is 32.1 Å². The van der Waals surface area contributed by atoms with E-state index in [0.29, 0.717) is 5.92 Å². The molecule has 22 heavy (non-hydrogen) atoms. The van der Waals surface area contributed by atoms with Crippen molar-refractivity contribution in [3.63, 3.8) is 0 Å². The van der Waals surface area contributed by atoms with Crippen LogP contribution in [0.1, 0.15) is 62.0 Å². The van der Waals surface area contributed by atoms with Gasteiger partial charge in [0.1, 0.15) is 0 Å². The van der Waals surface area contributed by atoms with E-state index in [1.807, 2.05) is 22.7 Å². The molecule has 2 aromatic rings. The molecule has 4 heteroatoms. The first kappa shape index (κ1) is 16.4. The Bertz CT molecular complexity index is 547. The Morgan fingerprint density at radius 1 is 1.05 bits per heavy atom. The molecule has 0 amide bonds. The molecule has 0 aliphatic carbocycles. The van der Waals surface area contributed by atoms with Crippen LogP contribution in [0.2, 0.25) is 0 Å². The van der Waals surface area contributed by atoms with Crippen LogP contribution in [-0.2, 0) is 15.9 Å². The Morgan fingerprint density at radius 3 is 2.55 bits per heavy atom. The summed E-state index contributed by atoms with van der Waals surface area (Å²) in [7, 11) is 0. The molecule has 3 heterocycles. The van der Waals surface area contributed by atoms with E-state index in [4.69, 9.17) is 9.47 Å². The minimum absolute atomic E-state index is 0.138. The Hall–Kier alpha value is -0.420. The van der Waals surface area contributed by atoms with Gasteiger partial charge in [-0.15, -0.1) is 22.7 Å². The molecule has 0 N–H and O–H groups in total. The number of rotatable bonds is 7. The predicted molar refractivity (Wildman–Crippen MR) is 96.0 cm³/mol. The number of fused-ring (bicyclic) bond motifs is 1. The fourth-order valence-corrected chi connectivity index (χ4v) is 5.53. The van der Waals surface area contributed by atoms with Crippen LogP contribution in [0.4, 0.5) is 0 Å². The zero-order valence-corrected chi connectivity index (χ0v) is 15.2. The number of hydrogen-bond donors (Lipinski definition) is 0. The highest BCUT2D eigenvalue weighted by atomic mass is 32.2. The highest BCUT2D eigenvalue weighted by molar-refractivity contribution is 7.38. The van der Waals surface area contributed by atoms with Crippen LogP contribution in [0.15, 0.2) is 12.1 Å². The van der Waals surface area contributed by atoms with E-state index in [-0.39, 0.29) is 6.29 Å². The van der Waals surface area contributed by atoms with Crippen molar-refractivity contribution in [3.05, 3.63) is 21.9 Å². The van der Waals surface area contributed by atoms with Crippen LogP contribution in [0.25, 0.3) is 9.40 Å². The zero-order valence-electron chi connectivity index (χ0n) is 13.6. The minimum atomic E-state index is -0.138. The monoisotopic (exact) mass is 338 g/mol. The molecule has 122 valence electrons. The lowest BCUT2D eigenvalue weighted by atomic mass is 10.1. The fourth-order valence-electron chi connectivity index (χ4n) is 2.98. The van der Waals surface area contributed by atoms with E-state index in [1.165, 1.54) is 57.7 Å². The van der Waals surface area contributed by atoms with Crippen molar-refractivity contribution in [1.82, 2.24) is 0 Å². The highest BCUT2D eigenvalue weighted by Crippen LogP contribution is 2.39. The summed E-state index contributed by atoms with van der Waals surface area (Å²) in [4.78, 5) is 2.76. The third-order valence-electron chi connectivity index (χ3n) is 4.21. The first-order valence-corrected chi connectivity index (χ1v) is 10.2. The second-order valence-corrected chi connectivity index (χ2v) is 8.69. The Balaban J connectivity index is 1.60. The minimum Gasteiger partial charge on any atom is -0.347 e. The molecule has 0 spiro atoms. The van der Waals surface area contributed by atoms with E-state index in [1.54, 1.807) is 0 Å². The number of ether oxygens (including phenoxy) is 2. The van der Waals surface area contributed by atoms with Gasteiger partial charge in [0.15, 0.2) is 6.29 Å². The standard InChI is InChI=1S/C18H26O2S2/c1-3-5-6-8-15-9-14-10-16(22-18(14)21-15)17-19-11-13(7-4-2)12-20-17/h9-10,13,17H,3-8,11-12H2,1-2H3. The summed E-state index contributed by atoms with van der Waals surface area (Å²) in [6, 6.07) is 4.63. The lowest BCUT2D eigenvalue weighted by Gasteiger charge is -2.28. The number of aryl methyl sites for hydroxylation is 1. The third-order valence-corrected chi connectivity index (χ3v) is 6.68. The topological polar surface area (TPSA) is 18.5 Å². The normalized spacial score (nSPS) is 22.5. The van der Waals surface area contributed by atoms with Crippen LogP contribution in [0.5, 0.6) is 0 Å². The van der Waals surface area contributed by atoms with Gasteiger partial charge in [0.2, 0.25) is 0 Å². The highest BCUT2D eigenvalue weighted by Gasteiger charge is 2.24. The summed E-state index contributed by atoms with van der Waals surface area (Å²) < 4.78 is 13.3. The van der Waals surface area contributed by atoms with Crippen molar-refractivity contribution in [1.29, 1.82) is 0 Å². The van der Waals surface area contributed by atoms with Gasteiger partial charge >= 0.3 is 0 Å². The lowest BCUT2D eigenvalue weighted by Crippen LogP contribution is -2.26. The first-order valence-electron chi connectivity index (χ1n) is 8.55. The molecule has 1 aliphatic rings. The average molecular weight is 339 g/mol. The molecule has 0 radical (unpaired) electrons. The van der Waals surface area contributed by atoms with Crippen LogP contribution < -0.4 is 0 Å². The predicted octanol–water partition coefficient (Wildman–Crippen LogP) is 6.16. The van der Waals surface area contributed by atoms with Crippen molar-refractivity contribution in [2.45, 2.75) is 58.7 Å². The van der Waals surface area contributed by atoms with Gasteiger partial charge in [-0.3, -0.25) is 0 Å². The van der Waals surface area contributed by atoms with Crippen LogP contribution >= 0.6 is 22.7 Å². The van der Waals surface area contributed by atoms with Crippen molar-refractivity contribution in [2.24, 2.45) is 5.92 Å². The molecule has 0 unspecified atom stereocenters. The van der Waals surface area contributed by atoms with Crippen LogP contribution in [-0.4, -0.2) is 13.2 Å². The lowest BCUT2D eigenvalue weighted by molar-refractivity contribution is -0.204. The van der Waals surface area contributed by atoms with Gasteiger partial charge in [-0.1, -0.05) is 33.1 Å². The van der Waals surface area contributed by atoms with Crippen LogP contribution in [0.3, 0.4) is 0 Å². The zero-order chi connectivity index (χ0) is 15.4. The number of unbranched alkanes of at least 4 members (excludes halogenated alkanes) is 2. The average Bonchev–Trinajstić information content (AvgIpc) is 3.07. The summed E-state index contributed by atoms with van der Waals surface area (Å²) in [5.74, 6) is 0.576. The van der Waals surface area contributed by atoms with E-state index in [2.05, 4.69) is 26.0 Å². The molecule has 0 bridgehead atoms. The largest absolute Gasteiger partial charge is 0.347 e. The maximum Gasteiger partial charge on any atom is 0.193 e. The quantitative estimate of drug-likeness (QED) is 0.563. The number of hydrogen-bond acceptors (Lipinski definition) is 4. The van der Waals surface area contributed by atoms with Crippen LogP contribution in [0, 0.1) is 5.92 Å². The number of thiophene rings is 2. The third kappa shape index (κ3) is 3.91. The smallest absolute Gasteiger partial charge is 0.193 e. The van der Waals surface area contributed by atoms with E-state index in [9.17, 15) is 0 Å². The first-order chi connectivity index (χ1) is 10.8. The van der Waals surface area contributed by atoms with Gasteiger partial charge in [0.25, 0.3) is 0 Å². The molecule has 0 saturated carbocycles. The summed E-state index contributed by atoms with van der Waals surface area (Å²) in [6.45, 7) is 6.16. The maximum atomic E-state index is 5.93. The molecular formula is C18H26O2S2. The van der Waals surface area contributed by atoms with Gasteiger partial charge < -0.3 is 9.47 Å². The summed E-state index contributed by atoms with van der Waals surface area (Å²) in [5, 5.41) is 1.37. The van der Waals surface area contributed by atoms with Crippen molar-refractivity contribution < 1.29 is 9.47 Å². The van der Waals surface area contributed by atoms with Gasteiger partial charge in [-0.2, -0.15) is 0 Å². The molecule has 0 atom stereocenters. The summed E-state index contributed by atoms with van der Waals surface area (Å²) >= 11 is 3.80. The van der Waals surface area contributed by atoms with Gasteiger partial charge in [-0.05, 0) is 31.4 Å².